The summed E-state index contributed by atoms with van der Waals surface area (Å²) in [7, 11) is -3.15. The van der Waals surface area contributed by atoms with Crippen LogP contribution in [-0.4, -0.2) is 50.6 Å². The third kappa shape index (κ3) is 6.61. The molecule has 7 heteroatoms. The van der Waals surface area contributed by atoms with Crippen LogP contribution < -0.4 is 10.6 Å². The number of guanidine groups is 1. The average molecular weight is 381 g/mol. The largest absolute Gasteiger partial charge is 0.356 e. The zero-order chi connectivity index (χ0) is 19.0. The Morgan fingerprint density at radius 2 is 2.00 bits per heavy atom. The maximum atomic E-state index is 11.9. The number of hydrogen-bond donors (Lipinski definition) is 2. The number of nitrogens with one attached hydrogen (secondary N) is 2. The SMILES string of the molecule is CCCCNC(=NCc1ccc(C)cc1)NC[C@H]1CCCN1S(C)(=O)=O. The average Bonchev–Trinajstić information content (AvgIpc) is 3.07. The topological polar surface area (TPSA) is 73.8 Å². The minimum Gasteiger partial charge on any atom is -0.356 e. The number of aryl methyl sites for hydroxylation is 1. The molecule has 0 saturated carbocycles. The van der Waals surface area contributed by atoms with E-state index < -0.39 is 10.0 Å². The highest BCUT2D eigenvalue weighted by molar-refractivity contribution is 7.88. The maximum Gasteiger partial charge on any atom is 0.211 e. The number of benzene rings is 1. The predicted molar refractivity (Wildman–Crippen MR) is 108 cm³/mol. The number of rotatable bonds is 8. The molecule has 1 heterocycles. The van der Waals surface area contributed by atoms with Gasteiger partial charge in [-0.2, -0.15) is 4.31 Å². The van der Waals surface area contributed by atoms with Crippen LogP contribution in [0.2, 0.25) is 0 Å². The fourth-order valence-corrected chi connectivity index (χ4v) is 4.27. The first-order valence-corrected chi connectivity index (χ1v) is 11.3. The highest BCUT2D eigenvalue weighted by atomic mass is 32.2. The Hall–Kier alpha value is -1.60. The minimum atomic E-state index is -3.15. The van der Waals surface area contributed by atoms with E-state index in [0.29, 0.717) is 19.6 Å². The Balaban J connectivity index is 1.97. The first-order valence-electron chi connectivity index (χ1n) is 9.44. The first-order chi connectivity index (χ1) is 12.4. The van der Waals surface area contributed by atoms with Crippen LogP contribution in [-0.2, 0) is 16.6 Å². The lowest BCUT2D eigenvalue weighted by Gasteiger charge is -2.23. The van der Waals surface area contributed by atoms with Gasteiger partial charge in [0.05, 0.1) is 12.8 Å². The van der Waals surface area contributed by atoms with Gasteiger partial charge in [0.2, 0.25) is 10.0 Å². The molecule has 1 saturated heterocycles. The standard InChI is InChI=1S/C19H32N4O2S/c1-4-5-12-20-19(21-14-17-10-8-16(2)9-11-17)22-15-18-7-6-13-23(18)26(3,24)25/h8-11,18H,4-7,12-15H2,1-3H3,(H2,20,21,22)/t18-/m1/s1. The number of hydrogen-bond acceptors (Lipinski definition) is 3. The summed E-state index contributed by atoms with van der Waals surface area (Å²) in [4.78, 5) is 4.67. The van der Waals surface area contributed by atoms with Gasteiger partial charge in [0, 0.05) is 25.7 Å². The fourth-order valence-electron chi connectivity index (χ4n) is 3.09. The molecule has 1 fully saturated rings. The van der Waals surface area contributed by atoms with Gasteiger partial charge in [-0.15, -0.1) is 0 Å². The highest BCUT2D eigenvalue weighted by Crippen LogP contribution is 2.19. The van der Waals surface area contributed by atoms with Crippen molar-refractivity contribution in [2.24, 2.45) is 4.99 Å². The Kier molecular flexibility index (Phi) is 7.90. The van der Waals surface area contributed by atoms with E-state index in [9.17, 15) is 8.42 Å². The zero-order valence-corrected chi connectivity index (χ0v) is 17.0. The zero-order valence-electron chi connectivity index (χ0n) is 16.2. The number of nitrogens with zero attached hydrogens (tertiary/aromatic N) is 2. The van der Waals surface area contributed by atoms with Crippen molar-refractivity contribution in [3.8, 4) is 0 Å². The van der Waals surface area contributed by atoms with Crippen LogP contribution in [0.5, 0.6) is 0 Å². The molecule has 0 aromatic heterocycles. The molecule has 2 rings (SSSR count). The van der Waals surface area contributed by atoms with E-state index in [2.05, 4.69) is 53.7 Å². The lowest BCUT2D eigenvalue weighted by atomic mass is 10.1. The Morgan fingerprint density at radius 1 is 1.27 bits per heavy atom. The van der Waals surface area contributed by atoms with Gasteiger partial charge < -0.3 is 10.6 Å². The van der Waals surface area contributed by atoms with Crippen molar-refractivity contribution < 1.29 is 8.42 Å². The lowest BCUT2D eigenvalue weighted by Crippen LogP contribution is -2.46. The molecule has 0 radical (unpaired) electrons. The third-order valence-corrected chi connectivity index (χ3v) is 5.95. The molecule has 0 unspecified atom stereocenters. The Morgan fingerprint density at radius 3 is 2.65 bits per heavy atom. The molecule has 1 aromatic rings. The van der Waals surface area contributed by atoms with Crippen LogP contribution in [0.25, 0.3) is 0 Å². The molecular weight excluding hydrogens is 348 g/mol. The van der Waals surface area contributed by atoms with E-state index in [-0.39, 0.29) is 6.04 Å². The normalized spacial score (nSPS) is 18.9. The second-order valence-electron chi connectivity index (χ2n) is 6.98. The molecule has 26 heavy (non-hydrogen) atoms. The van der Waals surface area contributed by atoms with Gasteiger partial charge in [-0.25, -0.2) is 13.4 Å². The molecule has 0 amide bonds. The van der Waals surface area contributed by atoms with Crippen LogP contribution in [0.3, 0.4) is 0 Å². The van der Waals surface area contributed by atoms with E-state index in [1.54, 1.807) is 4.31 Å². The van der Waals surface area contributed by atoms with Crippen LogP contribution in [0, 0.1) is 6.92 Å². The van der Waals surface area contributed by atoms with Crippen molar-refractivity contribution in [1.82, 2.24) is 14.9 Å². The molecule has 1 aliphatic rings. The van der Waals surface area contributed by atoms with Gasteiger partial charge in [0.15, 0.2) is 5.96 Å². The van der Waals surface area contributed by atoms with Crippen molar-refractivity contribution in [2.75, 3.05) is 25.9 Å². The van der Waals surface area contributed by atoms with Gasteiger partial charge >= 0.3 is 0 Å². The second-order valence-corrected chi connectivity index (χ2v) is 8.92. The molecule has 0 spiro atoms. The summed E-state index contributed by atoms with van der Waals surface area (Å²) in [6, 6.07) is 8.36. The monoisotopic (exact) mass is 380 g/mol. The van der Waals surface area contributed by atoms with E-state index in [1.165, 1.54) is 11.8 Å². The van der Waals surface area contributed by atoms with Crippen molar-refractivity contribution in [3.63, 3.8) is 0 Å². The Labute approximate surface area is 158 Å². The van der Waals surface area contributed by atoms with E-state index in [4.69, 9.17) is 0 Å². The molecule has 1 aliphatic heterocycles. The summed E-state index contributed by atoms with van der Waals surface area (Å²) in [6.45, 7) is 6.88. The molecule has 1 atom stereocenters. The van der Waals surface area contributed by atoms with Gasteiger partial charge in [-0.1, -0.05) is 43.2 Å². The van der Waals surface area contributed by atoms with E-state index in [1.807, 2.05) is 0 Å². The smallest absolute Gasteiger partial charge is 0.211 e. The first kappa shape index (κ1) is 20.7. The molecular formula is C19H32N4O2S. The summed E-state index contributed by atoms with van der Waals surface area (Å²) in [5.41, 5.74) is 2.39. The lowest BCUT2D eigenvalue weighted by molar-refractivity contribution is 0.387. The fraction of sp³-hybridized carbons (Fsp3) is 0.632. The molecule has 2 N–H and O–H groups in total. The maximum absolute atomic E-state index is 11.9. The van der Waals surface area contributed by atoms with Gasteiger partial charge in [0.25, 0.3) is 0 Å². The predicted octanol–water partition coefficient (Wildman–Crippen LogP) is 2.25. The van der Waals surface area contributed by atoms with Gasteiger partial charge in [-0.3, -0.25) is 0 Å². The van der Waals surface area contributed by atoms with Crippen molar-refractivity contribution in [1.29, 1.82) is 0 Å². The summed E-state index contributed by atoms with van der Waals surface area (Å²) in [5.74, 6) is 0.749. The molecule has 146 valence electrons. The highest BCUT2D eigenvalue weighted by Gasteiger charge is 2.31. The van der Waals surface area contributed by atoms with E-state index in [0.717, 1.165) is 43.8 Å². The molecule has 6 nitrogen and oxygen atoms in total. The Bertz CT molecular complexity index is 686. The van der Waals surface area contributed by atoms with Crippen LogP contribution in [0.1, 0.15) is 43.7 Å². The molecule has 1 aromatic carbocycles. The summed E-state index contributed by atoms with van der Waals surface area (Å²) in [5, 5.41) is 6.69. The van der Waals surface area contributed by atoms with Gasteiger partial charge in [0.1, 0.15) is 0 Å². The summed E-state index contributed by atoms with van der Waals surface area (Å²) in [6.07, 6.45) is 5.28. The van der Waals surface area contributed by atoms with Crippen LogP contribution in [0.4, 0.5) is 0 Å². The third-order valence-electron chi connectivity index (χ3n) is 4.62. The minimum absolute atomic E-state index is 0.00236. The molecule has 0 aliphatic carbocycles. The number of unbranched alkanes of at least 4 members (excludes halogenated alkanes) is 1. The van der Waals surface area contributed by atoms with Crippen LogP contribution >= 0.6 is 0 Å². The quantitative estimate of drug-likeness (QED) is 0.412. The number of aliphatic imine (C=N–C) groups is 1. The number of sulfonamides is 1. The summed E-state index contributed by atoms with van der Waals surface area (Å²) >= 11 is 0. The van der Waals surface area contributed by atoms with Crippen molar-refractivity contribution in [3.05, 3.63) is 35.4 Å². The van der Waals surface area contributed by atoms with Crippen LogP contribution in [0.15, 0.2) is 29.3 Å². The van der Waals surface area contributed by atoms with Gasteiger partial charge in [-0.05, 0) is 31.7 Å². The van der Waals surface area contributed by atoms with Crippen molar-refractivity contribution >= 4 is 16.0 Å². The molecule has 0 bridgehead atoms. The summed E-state index contributed by atoms with van der Waals surface area (Å²) < 4.78 is 25.4. The van der Waals surface area contributed by atoms with E-state index >= 15 is 0 Å². The second kappa shape index (κ2) is 9.92. The van der Waals surface area contributed by atoms with Crippen molar-refractivity contribution in [2.45, 2.75) is 52.1 Å².